The Bertz CT molecular complexity index is 710. The van der Waals surface area contributed by atoms with Crippen molar-refractivity contribution in [3.8, 4) is 0 Å². The molecule has 0 amide bonds. The molecule has 0 aliphatic heterocycles. The van der Waals surface area contributed by atoms with E-state index < -0.39 is 21.9 Å². The van der Waals surface area contributed by atoms with Gasteiger partial charge in [0, 0.05) is 10.5 Å². The van der Waals surface area contributed by atoms with E-state index in [9.17, 15) is 13.4 Å². The van der Waals surface area contributed by atoms with Crippen molar-refractivity contribution in [2.45, 2.75) is 30.9 Å². The Kier molecular flexibility index (Phi) is 4.68. The standard InChI is InChI=1S/C17H17FO2S/c1-11-7-8-14(9-12(11)2)17(19)13(3)21(20)16-6-4-5-15(18)10-16/h4-10,13H,1-3H3. The molecule has 4 heteroatoms. The summed E-state index contributed by atoms with van der Waals surface area (Å²) < 4.78 is 25.6. The highest BCUT2D eigenvalue weighted by Gasteiger charge is 2.23. The summed E-state index contributed by atoms with van der Waals surface area (Å²) in [5, 5.41) is -0.714. The number of hydrogen-bond donors (Lipinski definition) is 0. The minimum absolute atomic E-state index is 0.194. The monoisotopic (exact) mass is 304 g/mol. The zero-order valence-electron chi connectivity index (χ0n) is 12.2. The highest BCUT2D eigenvalue weighted by Crippen LogP contribution is 2.18. The average Bonchev–Trinajstić information content (AvgIpc) is 2.47. The van der Waals surface area contributed by atoms with Crippen molar-refractivity contribution in [1.82, 2.24) is 0 Å². The molecular formula is C17H17FO2S. The quantitative estimate of drug-likeness (QED) is 0.805. The van der Waals surface area contributed by atoms with Gasteiger partial charge >= 0.3 is 0 Å². The number of rotatable bonds is 4. The summed E-state index contributed by atoms with van der Waals surface area (Å²) in [5.74, 6) is -0.646. The van der Waals surface area contributed by atoms with E-state index in [1.165, 1.54) is 18.2 Å². The van der Waals surface area contributed by atoms with Crippen molar-refractivity contribution in [3.05, 3.63) is 65.0 Å². The molecule has 0 spiro atoms. The highest BCUT2D eigenvalue weighted by molar-refractivity contribution is 7.86. The summed E-state index contributed by atoms with van der Waals surface area (Å²) in [6.07, 6.45) is 0. The maximum Gasteiger partial charge on any atom is 0.178 e. The molecule has 0 heterocycles. The lowest BCUT2D eigenvalue weighted by molar-refractivity contribution is 0.0992. The molecule has 2 rings (SSSR count). The average molecular weight is 304 g/mol. The van der Waals surface area contributed by atoms with Gasteiger partial charge in [0.1, 0.15) is 5.82 Å². The SMILES string of the molecule is Cc1ccc(C(=O)C(C)S(=O)c2cccc(F)c2)cc1C. The van der Waals surface area contributed by atoms with Crippen LogP contribution >= 0.6 is 0 Å². The summed E-state index contributed by atoms with van der Waals surface area (Å²) >= 11 is 0. The topological polar surface area (TPSA) is 34.1 Å². The van der Waals surface area contributed by atoms with Gasteiger partial charge in [0.2, 0.25) is 0 Å². The van der Waals surface area contributed by atoms with Crippen molar-refractivity contribution >= 4 is 16.6 Å². The Morgan fingerprint density at radius 3 is 2.43 bits per heavy atom. The van der Waals surface area contributed by atoms with Crippen molar-refractivity contribution in [2.75, 3.05) is 0 Å². The molecule has 2 aromatic rings. The molecule has 0 saturated heterocycles. The van der Waals surface area contributed by atoms with Gasteiger partial charge in [-0.15, -0.1) is 0 Å². The minimum atomic E-state index is -1.57. The van der Waals surface area contributed by atoms with Crippen LogP contribution in [-0.4, -0.2) is 15.2 Å². The molecule has 0 fully saturated rings. The maximum absolute atomic E-state index is 13.2. The van der Waals surface area contributed by atoms with Crippen molar-refractivity contribution < 1.29 is 13.4 Å². The van der Waals surface area contributed by atoms with Gasteiger partial charge in [-0.3, -0.25) is 9.00 Å². The van der Waals surface area contributed by atoms with E-state index in [1.807, 2.05) is 19.9 Å². The third-order valence-corrected chi connectivity index (χ3v) is 5.09. The van der Waals surface area contributed by atoms with Crippen molar-refractivity contribution in [2.24, 2.45) is 0 Å². The van der Waals surface area contributed by atoms with Gasteiger partial charge in [-0.25, -0.2) is 4.39 Å². The summed E-state index contributed by atoms with van der Waals surface area (Å²) in [5.41, 5.74) is 2.66. The minimum Gasteiger partial charge on any atom is -0.293 e. The first kappa shape index (κ1) is 15.6. The number of carbonyl (C=O) groups excluding carboxylic acids is 1. The van der Waals surface area contributed by atoms with Crippen molar-refractivity contribution in [3.63, 3.8) is 0 Å². The molecule has 0 aromatic heterocycles. The van der Waals surface area contributed by atoms with Crippen molar-refractivity contribution in [1.29, 1.82) is 0 Å². The molecule has 21 heavy (non-hydrogen) atoms. The fourth-order valence-corrected chi connectivity index (χ4v) is 3.20. The number of ketones is 1. The molecule has 0 radical (unpaired) electrons. The lowest BCUT2D eigenvalue weighted by atomic mass is 10.0. The molecule has 0 aliphatic rings. The maximum atomic E-state index is 13.2. The number of halogens is 1. The van der Waals surface area contributed by atoms with Gasteiger partial charge in [-0.1, -0.05) is 18.2 Å². The van der Waals surface area contributed by atoms with Crippen LogP contribution in [0.1, 0.15) is 28.4 Å². The Morgan fingerprint density at radius 1 is 1.10 bits per heavy atom. The molecule has 0 bridgehead atoms. The fourth-order valence-electron chi connectivity index (χ4n) is 2.02. The predicted molar refractivity (Wildman–Crippen MR) is 82.5 cm³/mol. The number of benzene rings is 2. The van der Waals surface area contributed by atoms with Gasteiger partial charge in [0.15, 0.2) is 5.78 Å². The smallest absolute Gasteiger partial charge is 0.178 e. The number of Topliss-reactive ketones (excluding diaryl/α,β-unsaturated/α-hetero) is 1. The highest BCUT2D eigenvalue weighted by atomic mass is 32.2. The molecular weight excluding hydrogens is 287 g/mol. The van der Waals surface area contributed by atoms with E-state index in [0.717, 1.165) is 11.1 Å². The van der Waals surface area contributed by atoms with E-state index in [2.05, 4.69) is 0 Å². The van der Waals surface area contributed by atoms with Crippen LogP contribution < -0.4 is 0 Å². The molecule has 2 aromatic carbocycles. The molecule has 0 aliphatic carbocycles. The van der Waals surface area contributed by atoms with Gasteiger partial charge in [0.05, 0.1) is 16.0 Å². The predicted octanol–water partition coefficient (Wildman–Crippen LogP) is 3.82. The first-order valence-electron chi connectivity index (χ1n) is 6.68. The lowest BCUT2D eigenvalue weighted by Gasteiger charge is -2.12. The van der Waals surface area contributed by atoms with Gasteiger partial charge in [-0.05, 0) is 56.2 Å². The van der Waals surface area contributed by atoms with E-state index >= 15 is 0 Å². The van der Waals surface area contributed by atoms with Gasteiger partial charge < -0.3 is 0 Å². The van der Waals surface area contributed by atoms with Crippen LogP contribution in [0, 0.1) is 19.7 Å². The first-order chi connectivity index (χ1) is 9.90. The van der Waals surface area contributed by atoms with Crippen LogP contribution in [0.15, 0.2) is 47.4 Å². The van der Waals surface area contributed by atoms with Gasteiger partial charge in [-0.2, -0.15) is 0 Å². The lowest BCUT2D eigenvalue weighted by Crippen LogP contribution is -2.23. The Balaban J connectivity index is 2.26. The van der Waals surface area contributed by atoms with E-state index in [4.69, 9.17) is 0 Å². The number of aryl methyl sites for hydroxylation is 2. The third-order valence-electron chi connectivity index (χ3n) is 3.51. The fraction of sp³-hybridized carbons (Fsp3) is 0.235. The van der Waals surface area contributed by atoms with Gasteiger partial charge in [0.25, 0.3) is 0 Å². The molecule has 0 N–H and O–H groups in total. The van der Waals surface area contributed by atoms with Crippen LogP contribution in [0.25, 0.3) is 0 Å². The Hall–Kier alpha value is -1.81. The normalized spacial score (nSPS) is 13.7. The van der Waals surface area contributed by atoms with Crippen LogP contribution in [-0.2, 0) is 10.8 Å². The second-order valence-electron chi connectivity index (χ2n) is 5.06. The molecule has 0 saturated carbocycles. The second-order valence-corrected chi connectivity index (χ2v) is 6.83. The van der Waals surface area contributed by atoms with E-state index in [1.54, 1.807) is 25.1 Å². The molecule has 2 unspecified atom stereocenters. The largest absolute Gasteiger partial charge is 0.293 e. The summed E-state index contributed by atoms with van der Waals surface area (Å²) in [4.78, 5) is 12.8. The zero-order chi connectivity index (χ0) is 15.6. The number of carbonyl (C=O) groups is 1. The van der Waals surface area contributed by atoms with E-state index in [-0.39, 0.29) is 5.78 Å². The van der Waals surface area contributed by atoms with Crippen LogP contribution in [0.5, 0.6) is 0 Å². The van der Waals surface area contributed by atoms with E-state index in [0.29, 0.717) is 10.5 Å². The molecule has 2 nitrogen and oxygen atoms in total. The summed E-state index contributed by atoms with van der Waals surface area (Å²) in [6, 6.07) is 11.0. The summed E-state index contributed by atoms with van der Waals surface area (Å²) in [7, 11) is -1.57. The first-order valence-corrected chi connectivity index (χ1v) is 7.89. The number of hydrogen-bond acceptors (Lipinski definition) is 2. The molecule has 2 atom stereocenters. The second kappa shape index (κ2) is 6.31. The van der Waals surface area contributed by atoms with Crippen LogP contribution in [0.2, 0.25) is 0 Å². The third kappa shape index (κ3) is 3.45. The Morgan fingerprint density at radius 2 is 1.81 bits per heavy atom. The Labute approximate surface area is 126 Å². The van der Waals surface area contributed by atoms with Crippen LogP contribution in [0.3, 0.4) is 0 Å². The zero-order valence-corrected chi connectivity index (χ0v) is 13.0. The molecule has 110 valence electrons. The summed E-state index contributed by atoms with van der Waals surface area (Å²) in [6.45, 7) is 5.51. The van der Waals surface area contributed by atoms with Crippen LogP contribution in [0.4, 0.5) is 4.39 Å².